The summed E-state index contributed by atoms with van der Waals surface area (Å²) in [5.41, 5.74) is 7.55. The van der Waals surface area contributed by atoms with Gasteiger partial charge in [0.1, 0.15) is 5.25 Å². The summed E-state index contributed by atoms with van der Waals surface area (Å²) < 4.78 is 23.0. The number of likely N-dealkylation sites (N-methyl/N-ethyl adjacent to an activating group) is 1. The first-order valence-electron chi connectivity index (χ1n) is 9.56. The highest BCUT2D eigenvalue weighted by Crippen LogP contribution is 2.39. The second-order valence-electron chi connectivity index (χ2n) is 7.06. The molecule has 3 rings (SSSR count). The van der Waals surface area contributed by atoms with E-state index in [1.165, 1.54) is 0 Å². The van der Waals surface area contributed by atoms with Gasteiger partial charge in [0.2, 0.25) is 5.91 Å². The van der Waals surface area contributed by atoms with Crippen molar-refractivity contribution >= 4 is 38.1 Å². The zero-order chi connectivity index (χ0) is 20.1. The molecule has 7 nitrogen and oxygen atoms in total. The van der Waals surface area contributed by atoms with Crippen LogP contribution in [0.15, 0.2) is 30.3 Å². The number of carbonyl (C=O) groups excluding carboxylic acids is 1. The van der Waals surface area contributed by atoms with Gasteiger partial charge in [-0.1, -0.05) is 25.1 Å². The fourth-order valence-electron chi connectivity index (χ4n) is 3.34. The molecule has 2 aliphatic heterocycles. The van der Waals surface area contributed by atoms with E-state index in [4.69, 9.17) is 5.73 Å². The number of hydrogen-bond donors (Lipinski definition) is 3. The molecule has 2 heterocycles. The highest BCUT2D eigenvalue weighted by atomic mass is 32.2. The van der Waals surface area contributed by atoms with Gasteiger partial charge in [0.25, 0.3) is 0 Å². The van der Waals surface area contributed by atoms with E-state index in [0.29, 0.717) is 26.2 Å². The van der Waals surface area contributed by atoms with Gasteiger partial charge in [0.15, 0.2) is 9.84 Å². The molecule has 0 aromatic heterocycles. The first kappa shape index (κ1) is 21.2. The quantitative estimate of drug-likeness (QED) is 0.549. The minimum Gasteiger partial charge on any atom is -0.399 e. The maximum absolute atomic E-state index is 12.8. The van der Waals surface area contributed by atoms with Gasteiger partial charge in [0.05, 0.1) is 11.5 Å². The first-order chi connectivity index (χ1) is 13.4. The Labute approximate surface area is 171 Å². The van der Waals surface area contributed by atoms with Crippen LogP contribution in [0.5, 0.6) is 0 Å². The number of hydrogen-bond acceptors (Lipinski definition) is 7. The molecule has 0 saturated carbocycles. The van der Waals surface area contributed by atoms with Crippen molar-refractivity contribution in [2.75, 3.05) is 50.0 Å². The van der Waals surface area contributed by atoms with E-state index in [1.807, 2.05) is 31.2 Å². The monoisotopic (exact) mass is 424 g/mol. The Morgan fingerprint density at radius 3 is 2.57 bits per heavy atom. The van der Waals surface area contributed by atoms with Crippen molar-refractivity contribution in [3.63, 3.8) is 0 Å². The number of sulfone groups is 1. The summed E-state index contributed by atoms with van der Waals surface area (Å²) in [5, 5.41) is 6.17. The number of nitrogen functional groups attached to an aromatic ring is 1. The van der Waals surface area contributed by atoms with Crippen molar-refractivity contribution in [3.05, 3.63) is 35.9 Å². The summed E-state index contributed by atoms with van der Waals surface area (Å²) in [6.07, 6.45) is 2.11. The molecule has 0 bridgehead atoms. The SMILES string of the molecule is CCNC1C=C(c2ccc(N)cc2)SC1C(=O)NCCN1CCS(=O)(=O)CC1. The van der Waals surface area contributed by atoms with E-state index < -0.39 is 9.84 Å². The van der Waals surface area contributed by atoms with Crippen molar-refractivity contribution in [2.45, 2.75) is 18.2 Å². The van der Waals surface area contributed by atoms with Crippen molar-refractivity contribution in [1.82, 2.24) is 15.5 Å². The molecule has 1 saturated heterocycles. The lowest BCUT2D eigenvalue weighted by molar-refractivity contribution is -0.120. The number of anilines is 1. The van der Waals surface area contributed by atoms with Crippen molar-refractivity contribution in [2.24, 2.45) is 0 Å². The van der Waals surface area contributed by atoms with Crippen molar-refractivity contribution in [1.29, 1.82) is 0 Å². The van der Waals surface area contributed by atoms with Crippen LogP contribution in [-0.2, 0) is 14.6 Å². The largest absolute Gasteiger partial charge is 0.399 e. The van der Waals surface area contributed by atoms with E-state index in [0.717, 1.165) is 22.7 Å². The van der Waals surface area contributed by atoms with Gasteiger partial charge < -0.3 is 16.4 Å². The lowest BCUT2D eigenvalue weighted by atomic mass is 10.1. The minimum atomic E-state index is -2.87. The van der Waals surface area contributed by atoms with Gasteiger partial charge >= 0.3 is 0 Å². The van der Waals surface area contributed by atoms with E-state index >= 15 is 0 Å². The number of thioether (sulfide) groups is 1. The second-order valence-corrected chi connectivity index (χ2v) is 10.5. The topological polar surface area (TPSA) is 105 Å². The lowest BCUT2D eigenvalue weighted by Crippen LogP contribution is -2.47. The number of rotatable bonds is 7. The van der Waals surface area contributed by atoms with Gasteiger partial charge in [-0.05, 0) is 24.2 Å². The molecule has 0 radical (unpaired) electrons. The number of benzene rings is 1. The first-order valence-corrected chi connectivity index (χ1v) is 12.3. The van der Waals surface area contributed by atoms with Crippen LogP contribution in [0.25, 0.3) is 4.91 Å². The zero-order valence-electron chi connectivity index (χ0n) is 16.1. The summed E-state index contributed by atoms with van der Waals surface area (Å²) in [7, 11) is -2.87. The average Bonchev–Trinajstić information content (AvgIpc) is 3.08. The van der Waals surface area contributed by atoms with Crippen molar-refractivity contribution in [3.8, 4) is 0 Å². The average molecular weight is 425 g/mol. The molecule has 1 fully saturated rings. The Morgan fingerprint density at radius 2 is 1.93 bits per heavy atom. The van der Waals surface area contributed by atoms with E-state index in [-0.39, 0.29) is 28.7 Å². The molecular weight excluding hydrogens is 396 g/mol. The molecule has 4 N–H and O–H groups in total. The Bertz CT molecular complexity index is 810. The molecule has 0 aliphatic carbocycles. The third kappa shape index (κ3) is 5.50. The van der Waals surface area contributed by atoms with E-state index in [2.05, 4.69) is 21.6 Å². The molecule has 2 unspecified atom stereocenters. The molecule has 1 amide bonds. The standard InChI is InChI=1S/C19H28N4O3S2/c1-2-21-16-13-17(14-3-5-15(20)6-4-14)27-18(16)19(24)22-7-8-23-9-11-28(25,26)12-10-23/h3-6,13,16,18,21H,2,7-12,20H2,1H3,(H,22,24). The Kier molecular flexibility index (Phi) is 7.03. The molecule has 154 valence electrons. The van der Waals surface area contributed by atoms with Gasteiger partial charge in [-0.15, -0.1) is 11.8 Å². The fourth-order valence-corrected chi connectivity index (χ4v) is 5.90. The number of nitrogens with zero attached hydrogens (tertiary/aromatic N) is 1. The third-order valence-corrected chi connectivity index (χ3v) is 7.96. The van der Waals surface area contributed by atoms with Gasteiger partial charge in [-0.2, -0.15) is 0 Å². The minimum absolute atomic E-state index is 0.00211. The Morgan fingerprint density at radius 1 is 1.25 bits per heavy atom. The van der Waals surface area contributed by atoms with E-state index in [1.54, 1.807) is 11.8 Å². The molecular formula is C19H28N4O3S2. The van der Waals surface area contributed by atoms with Crippen LogP contribution in [0.3, 0.4) is 0 Å². The van der Waals surface area contributed by atoms with Crippen molar-refractivity contribution < 1.29 is 13.2 Å². The predicted molar refractivity (Wildman–Crippen MR) is 116 cm³/mol. The van der Waals surface area contributed by atoms with Crippen LogP contribution in [0.4, 0.5) is 5.69 Å². The zero-order valence-corrected chi connectivity index (χ0v) is 17.7. The summed E-state index contributed by atoms with van der Waals surface area (Å²) in [6.45, 7) is 5.08. The van der Waals surface area contributed by atoms with Crippen LogP contribution in [0.2, 0.25) is 0 Å². The maximum atomic E-state index is 12.8. The van der Waals surface area contributed by atoms with Gasteiger partial charge in [-0.25, -0.2) is 8.42 Å². The molecule has 9 heteroatoms. The lowest BCUT2D eigenvalue weighted by Gasteiger charge is -2.27. The molecule has 1 aromatic carbocycles. The van der Waals surface area contributed by atoms with Crippen LogP contribution < -0.4 is 16.4 Å². The highest BCUT2D eigenvalue weighted by molar-refractivity contribution is 8.09. The van der Waals surface area contributed by atoms with Crippen LogP contribution in [0.1, 0.15) is 12.5 Å². The second kappa shape index (κ2) is 9.30. The summed E-state index contributed by atoms with van der Waals surface area (Å²) in [4.78, 5) is 15.9. The number of nitrogens with two attached hydrogens (primary N) is 1. The number of carbonyl (C=O) groups is 1. The smallest absolute Gasteiger partial charge is 0.235 e. The number of nitrogens with one attached hydrogen (secondary N) is 2. The van der Waals surface area contributed by atoms with Crippen LogP contribution >= 0.6 is 11.8 Å². The van der Waals surface area contributed by atoms with Crippen LogP contribution in [0, 0.1) is 0 Å². The summed E-state index contributed by atoms with van der Waals surface area (Å²) in [5.74, 6) is 0.412. The molecule has 2 atom stereocenters. The number of amides is 1. The van der Waals surface area contributed by atoms with Gasteiger partial charge in [0, 0.05) is 42.8 Å². The summed E-state index contributed by atoms with van der Waals surface area (Å²) in [6, 6.07) is 7.66. The maximum Gasteiger partial charge on any atom is 0.235 e. The summed E-state index contributed by atoms with van der Waals surface area (Å²) >= 11 is 1.56. The normalized spacial score (nSPS) is 24.7. The Balaban J connectivity index is 1.53. The highest BCUT2D eigenvalue weighted by Gasteiger charge is 2.34. The fraction of sp³-hybridized carbons (Fsp3) is 0.526. The van der Waals surface area contributed by atoms with Crippen LogP contribution in [-0.4, -0.2) is 74.7 Å². The molecule has 2 aliphatic rings. The molecule has 0 spiro atoms. The van der Waals surface area contributed by atoms with Gasteiger partial charge in [-0.3, -0.25) is 9.69 Å². The van der Waals surface area contributed by atoms with E-state index in [9.17, 15) is 13.2 Å². The molecule has 1 aromatic rings. The molecule has 28 heavy (non-hydrogen) atoms. The Hall–Kier alpha value is -1.55. The third-order valence-electron chi connectivity index (χ3n) is 4.97. The predicted octanol–water partition coefficient (Wildman–Crippen LogP) is 0.550.